The number of thiazole rings is 1. The van der Waals surface area contributed by atoms with Gasteiger partial charge in [-0.15, -0.1) is 0 Å². The van der Waals surface area contributed by atoms with Gasteiger partial charge < -0.3 is 14.8 Å². The van der Waals surface area contributed by atoms with Gasteiger partial charge >= 0.3 is 5.97 Å². The number of nitrogens with zero attached hydrogens (tertiary/aromatic N) is 1. The molecule has 2 amide bonds. The van der Waals surface area contributed by atoms with Crippen LogP contribution in [0.2, 0.25) is 5.02 Å². The van der Waals surface area contributed by atoms with Crippen LogP contribution in [0.5, 0.6) is 5.75 Å². The molecular weight excluding hydrogens is 394 g/mol. The zero-order chi connectivity index (χ0) is 19.8. The Labute approximate surface area is 163 Å². The second kappa shape index (κ2) is 7.16. The van der Waals surface area contributed by atoms with Gasteiger partial charge in [0.2, 0.25) is 0 Å². The molecule has 142 valence electrons. The number of rotatable bonds is 4. The number of aryl methyl sites for hydroxylation is 1. The Morgan fingerprint density at radius 3 is 2.89 bits per heavy atom. The number of benzene rings is 1. The van der Waals surface area contributed by atoms with Gasteiger partial charge in [0, 0.05) is 5.02 Å². The molecule has 1 aliphatic heterocycles. The van der Waals surface area contributed by atoms with Crippen LogP contribution < -0.4 is 15.4 Å². The molecule has 0 aliphatic carbocycles. The van der Waals surface area contributed by atoms with Crippen molar-refractivity contribution in [1.29, 1.82) is 0 Å². The summed E-state index contributed by atoms with van der Waals surface area (Å²) in [5.74, 6) is -1.56. The van der Waals surface area contributed by atoms with Gasteiger partial charge in [0.05, 0.1) is 18.0 Å². The van der Waals surface area contributed by atoms with Crippen molar-refractivity contribution in [2.45, 2.75) is 26.4 Å². The first kappa shape index (κ1) is 19.1. The third-order valence-electron chi connectivity index (χ3n) is 3.85. The highest BCUT2D eigenvalue weighted by atomic mass is 35.5. The summed E-state index contributed by atoms with van der Waals surface area (Å²) in [6.07, 6.45) is 0. The lowest BCUT2D eigenvalue weighted by Gasteiger charge is -2.33. The first-order valence-electron chi connectivity index (χ1n) is 8.00. The molecule has 1 atom stereocenters. The van der Waals surface area contributed by atoms with E-state index in [1.165, 1.54) is 13.0 Å². The summed E-state index contributed by atoms with van der Waals surface area (Å²) < 4.78 is 10.6. The van der Waals surface area contributed by atoms with Crippen LogP contribution in [0, 0.1) is 6.92 Å². The van der Waals surface area contributed by atoms with Crippen LogP contribution in [0.4, 0.5) is 10.8 Å². The normalized spacial score (nSPS) is 18.1. The lowest BCUT2D eigenvalue weighted by atomic mass is 10.0. The molecule has 1 unspecified atom stereocenters. The standard InChI is InChI=1S/C17H16ClN3O5S/c1-4-25-13(22)12-8(2)19-16(27-12)21-15(24)17(3)14(23)20-10-7-9(18)5-6-11(10)26-17/h5-7H,4H2,1-3H3,(H,20,23)(H,19,21,24). The third-order valence-corrected chi connectivity index (χ3v) is 5.14. The van der Waals surface area contributed by atoms with E-state index in [9.17, 15) is 14.4 Å². The van der Waals surface area contributed by atoms with Crippen LogP contribution in [0.15, 0.2) is 18.2 Å². The highest BCUT2D eigenvalue weighted by Gasteiger charge is 2.47. The molecule has 2 N–H and O–H groups in total. The maximum absolute atomic E-state index is 12.7. The van der Waals surface area contributed by atoms with Gasteiger partial charge in [-0.3, -0.25) is 14.9 Å². The van der Waals surface area contributed by atoms with E-state index in [2.05, 4.69) is 15.6 Å². The summed E-state index contributed by atoms with van der Waals surface area (Å²) in [6, 6.07) is 4.68. The van der Waals surface area contributed by atoms with Gasteiger partial charge in [-0.1, -0.05) is 22.9 Å². The molecule has 1 aromatic carbocycles. The fourth-order valence-corrected chi connectivity index (χ4v) is 3.43. The highest BCUT2D eigenvalue weighted by molar-refractivity contribution is 7.17. The van der Waals surface area contributed by atoms with Crippen LogP contribution in [-0.2, 0) is 14.3 Å². The highest BCUT2D eigenvalue weighted by Crippen LogP contribution is 2.36. The first-order chi connectivity index (χ1) is 12.7. The summed E-state index contributed by atoms with van der Waals surface area (Å²) in [5, 5.41) is 5.73. The van der Waals surface area contributed by atoms with Crippen LogP contribution >= 0.6 is 22.9 Å². The minimum atomic E-state index is -1.81. The fourth-order valence-electron chi connectivity index (χ4n) is 2.40. The SMILES string of the molecule is CCOC(=O)c1sc(NC(=O)C2(C)Oc3ccc(Cl)cc3NC2=O)nc1C. The van der Waals surface area contributed by atoms with E-state index in [-0.39, 0.29) is 16.6 Å². The second-order valence-electron chi connectivity index (χ2n) is 5.84. The van der Waals surface area contributed by atoms with Crippen molar-refractivity contribution in [2.75, 3.05) is 17.2 Å². The minimum absolute atomic E-state index is 0.167. The molecule has 1 aliphatic rings. The van der Waals surface area contributed by atoms with Gasteiger partial charge in [-0.05, 0) is 39.0 Å². The Morgan fingerprint density at radius 2 is 2.19 bits per heavy atom. The molecule has 10 heteroatoms. The molecule has 2 heterocycles. The number of carbonyl (C=O) groups is 3. The van der Waals surface area contributed by atoms with E-state index in [1.54, 1.807) is 26.0 Å². The van der Waals surface area contributed by atoms with Crippen molar-refractivity contribution in [2.24, 2.45) is 0 Å². The van der Waals surface area contributed by atoms with Gasteiger partial charge in [0.15, 0.2) is 5.13 Å². The summed E-state index contributed by atoms with van der Waals surface area (Å²) in [6.45, 7) is 4.90. The summed E-state index contributed by atoms with van der Waals surface area (Å²) in [5.41, 5.74) is -1.01. The Morgan fingerprint density at radius 1 is 1.44 bits per heavy atom. The number of esters is 1. The fraction of sp³-hybridized carbons (Fsp3) is 0.294. The van der Waals surface area contributed by atoms with Crippen LogP contribution in [0.3, 0.4) is 0 Å². The predicted octanol–water partition coefficient (Wildman–Crippen LogP) is 3.01. The number of anilines is 2. The number of amides is 2. The smallest absolute Gasteiger partial charge is 0.350 e. The monoisotopic (exact) mass is 409 g/mol. The van der Waals surface area contributed by atoms with Crippen molar-refractivity contribution in [1.82, 2.24) is 4.98 Å². The maximum Gasteiger partial charge on any atom is 0.350 e. The van der Waals surface area contributed by atoms with E-state index in [0.717, 1.165) is 11.3 Å². The zero-order valence-electron chi connectivity index (χ0n) is 14.7. The Kier molecular flexibility index (Phi) is 5.07. The number of fused-ring (bicyclic) bond motifs is 1. The van der Waals surface area contributed by atoms with E-state index < -0.39 is 23.4 Å². The molecule has 0 spiro atoms. The van der Waals surface area contributed by atoms with Crippen LogP contribution in [-0.4, -0.2) is 35.0 Å². The van der Waals surface area contributed by atoms with E-state index in [4.69, 9.17) is 21.1 Å². The molecule has 0 saturated heterocycles. The first-order valence-corrected chi connectivity index (χ1v) is 9.20. The quantitative estimate of drug-likeness (QED) is 0.593. The molecule has 0 saturated carbocycles. The third kappa shape index (κ3) is 3.60. The average molecular weight is 410 g/mol. The Hall–Kier alpha value is -2.65. The van der Waals surface area contributed by atoms with Crippen molar-refractivity contribution < 1.29 is 23.9 Å². The van der Waals surface area contributed by atoms with E-state index in [1.807, 2.05) is 0 Å². The van der Waals surface area contributed by atoms with E-state index >= 15 is 0 Å². The van der Waals surface area contributed by atoms with Crippen molar-refractivity contribution >= 4 is 51.5 Å². The average Bonchev–Trinajstić information content (AvgIpc) is 2.97. The zero-order valence-corrected chi connectivity index (χ0v) is 16.3. The minimum Gasteiger partial charge on any atom is -0.466 e. The lowest BCUT2D eigenvalue weighted by molar-refractivity contribution is -0.143. The number of hydrogen-bond acceptors (Lipinski definition) is 7. The Balaban J connectivity index is 1.81. The molecule has 0 radical (unpaired) electrons. The maximum atomic E-state index is 12.7. The molecular formula is C17H16ClN3O5S. The van der Waals surface area contributed by atoms with Gasteiger partial charge in [0.25, 0.3) is 17.4 Å². The number of halogens is 1. The Bertz CT molecular complexity index is 945. The number of ether oxygens (including phenoxy) is 2. The second-order valence-corrected chi connectivity index (χ2v) is 7.27. The van der Waals surface area contributed by atoms with Gasteiger partial charge in [-0.2, -0.15) is 0 Å². The topological polar surface area (TPSA) is 107 Å². The molecule has 8 nitrogen and oxygen atoms in total. The number of hydrogen-bond donors (Lipinski definition) is 2. The van der Waals surface area contributed by atoms with Gasteiger partial charge in [0.1, 0.15) is 10.6 Å². The lowest BCUT2D eigenvalue weighted by Crippen LogP contribution is -2.56. The van der Waals surface area contributed by atoms with Crippen molar-refractivity contribution in [3.8, 4) is 5.75 Å². The molecule has 27 heavy (non-hydrogen) atoms. The molecule has 1 aromatic heterocycles. The molecule has 0 bridgehead atoms. The van der Waals surface area contributed by atoms with E-state index in [0.29, 0.717) is 22.2 Å². The van der Waals surface area contributed by atoms with Gasteiger partial charge in [-0.25, -0.2) is 9.78 Å². The molecule has 0 fully saturated rings. The summed E-state index contributed by atoms with van der Waals surface area (Å²) in [7, 11) is 0. The van der Waals surface area contributed by atoms with Crippen LogP contribution in [0.25, 0.3) is 0 Å². The predicted molar refractivity (Wildman–Crippen MR) is 101 cm³/mol. The number of nitrogens with one attached hydrogen (secondary N) is 2. The molecule has 3 rings (SSSR count). The molecule has 2 aromatic rings. The van der Waals surface area contributed by atoms with Crippen molar-refractivity contribution in [3.05, 3.63) is 33.8 Å². The summed E-state index contributed by atoms with van der Waals surface area (Å²) in [4.78, 5) is 41.5. The largest absolute Gasteiger partial charge is 0.466 e. The van der Waals surface area contributed by atoms with Crippen LogP contribution in [0.1, 0.15) is 29.2 Å². The number of carbonyl (C=O) groups excluding carboxylic acids is 3. The van der Waals surface area contributed by atoms with Crippen molar-refractivity contribution in [3.63, 3.8) is 0 Å². The number of aromatic nitrogens is 1. The summed E-state index contributed by atoms with van der Waals surface area (Å²) >= 11 is 6.86.